The lowest BCUT2D eigenvalue weighted by atomic mass is 9.88. The van der Waals surface area contributed by atoms with Gasteiger partial charge in [-0.15, -0.1) is 0 Å². The fraction of sp³-hybridized carbons (Fsp3) is 0.667. The van der Waals surface area contributed by atoms with Crippen molar-refractivity contribution in [2.45, 2.75) is 44.9 Å². The molecule has 1 N–H and O–H groups in total. The normalized spacial score (nSPS) is 19.7. The van der Waals surface area contributed by atoms with Crippen LogP contribution in [0.2, 0.25) is 0 Å². The highest BCUT2D eigenvalue weighted by atomic mass is 16.1. The number of piperidine rings is 1. The van der Waals surface area contributed by atoms with Crippen LogP contribution in [0.1, 0.15) is 50.6 Å². The first-order valence-corrected chi connectivity index (χ1v) is 9.01. The van der Waals surface area contributed by atoms with Crippen LogP contribution >= 0.6 is 0 Å². The summed E-state index contributed by atoms with van der Waals surface area (Å²) >= 11 is 0. The highest BCUT2D eigenvalue weighted by Crippen LogP contribution is 2.25. The van der Waals surface area contributed by atoms with E-state index in [9.17, 15) is 4.79 Å². The van der Waals surface area contributed by atoms with Gasteiger partial charge in [-0.3, -0.25) is 4.79 Å². The number of nitriles is 1. The Balaban J connectivity index is 1.45. The van der Waals surface area contributed by atoms with Gasteiger partial charge in [0, 0.05) is 37.9 Å². The molecule has 6 nitrogen and oxygen atoms in total. The second-order valence-electron chi connectivity index (χ2n) is 6.85. The summed E-state index contributed by atoms with van der Waals surface area (Å²) in [4.78, 5) is 22.7. The van der Waals surface area contributed by atoms with Gasteiger partial charge in [0.1, 0.15) is 6.07 Å². The molecule has 1 amide bonds. The molecule has 24 heavy (non-hydrogen) atoms. The number of nitrogens with zero attached hydrogens (tertiary/aromatic N) is 4. The van der Waals surface area contributed by atoms with E-state index in [2.05, 4.69) is 26.3 Å². The van der Waals surface area contributed by atoms with Gasteiger partial charge in [-0.2, -0.15) is 5.26 Å². The minimum Gasteiger partial charge on any atom is -0.356 e. The van der Waals surface area contributed by atoms with E-state index in [1.54, 1.807) is 12.4 Å². The Morgan fingerprint density at radius 2 is 1.88 bits per heavy atom. The van der Waals surface area contributed by atoms with Crippen LogP contribution in [0.3, 0.4) is 0 Å². The molecule has 1 aliphatic heterocycles. The minimum absolute atomic E-state index is 0.233. The Kier molecular flexibility index (Phi) is 5.63. The minimum atomic E-state index is 0.233. The van der Waals surface area contributed by atoms with Crippen molar-refractivity contribution in [2.75, 3.05) is 24.5 Å². The predicted octanol–water partition coefficient (Wildman–Crippen LogP) is 2.26. The third kappa shape index (κ3) is 4.02. The lowest BCUT2D eigenvalue weighted by Crippen LogP contribution is -2.41. The van der Waals surface area contributed by atoms with Gasteiger partial charge in [0.2, 0.25) is 5.91 Å². The Hall–Kier alpha value is -2.16. The number of nitrogens with one attached hydrogen (secondary N) is 1. The summed E-state index contributed by atoms with van der Waals surface area (Å²) in [7, 11) is 0. The fourth-order valence-corrected chi connectivity index (χ4v) is 3.74. The molecule has 0 spiro atoms. The van der Waals surface area contributed by atoms with Crippen LogP contribution in [-0.4, -0.2) is 35.5 Å². The summed E-state index contributed by atoms with van der Waals surface area (Å²) in [6.07, 6.45) is 10.9. The van der Waals surface area contributed by atoms with E-state index in [0.717, 1.165) is 45.3 Å². The molecule has 1 aliphatic carbocycles. The van der Waals surface area contributed by atoms with Crippen molar-refractivity contribution in [2.24, 2.45) is 11.8 Å². The molecular formula is C18H25N5O. The van der Waals surface area contributed by atoms with Gasteiger partial charge in [-0.1, -0.05) is 19.3 Å². The molecule has 1 saturated heterocycles. The monoisotopic (exact) mass is 327 g/mol. The van der Waals surface area contributed by atoms with E-state index in [1.165, 1.54) is 19.3 Å². The number of hydrogen-bond donors (Lipinski definition) is 1. The summed E-state index contributed by atoms with van der Waals surface area (Å²) in [6, 6.07) is 2.11. The van der Waals surface area contributed by atoms with Gasteiger partial charge in [-0.25, -0.2) is 9.97 Å². The second-order valence-corrected chi connectivity index (χ2v) is 6.85. The maximum atomic E-state index is 12.2. The lowest BCUT2D eigenvalue weighted by molar-refractivity contribution is -0.126. The van der Waals surface area contributed by atoms with Gasteiger partial charge in [-0.05, 0) is 31.6 Å². The van der Waals surface area contributed by atoms with Crippen molar-refractivity contribution in [3.8, 4) is 6.07 Å². The molecule has 6 heteroatoms. The van der Waals surface area contributed by atoms with Crippen molar-refractivity contribution in [3.05, 3.63) is 18.1 Å². The molecule has 2 heterocycles. The Bertz CT molecular complexity index is 598. The number of amides is 1. The van der Waals surface area contributed by atoms with Crippen molar-refractivity contribution in [1.29, 1.82) is 5.26 Å². The van der Waals surface area contributed by atoms with Gasteiger partial charge < -0.3 is 10.2 Å². The van der Waals surface area contributed by atoms with Crippen molar-refractivity contribution < 1.29 is 4.79 Å². The van der Waals surface area contributed by atoms with E-state index in [0.29, 0.717) is 17.4 Å². The largest absolute Gasteiger partial charge is 0.356 e. The molecule has 128 valence electrons. The molecule has 1 aromatic heterocycles. The fourth-order valence-electron chi connectivity index (χ4n) is 3.74. The molecule has 1 aromatic rings. The molecular weight excluding hydrogens is 302 g/mol. The first-order valence-electron chi connectivity index (χ1n) is 9.01. The molecule has 0 atom stereocenters. The maximum absolute atomic E-state index is 12.2. The third-order valence-electron chi connectivity index (χ3n) is 5.24. The second kappa shape index (κ2) is 8.09. The van der Waals surface area contributed by atoms with Crippen LogP contribution in [0, 0.1) is 23.2 Å². The molecule has 1 saturated carbocycles. The van der Waals surface area contributed by atoms with Gasteiger partial charge >= 0.3 is 0 Å². The van der Waals surface area contributed by atoms with Crippen LogP contribution in [0.4, 0.5) is 5.82 Å². The van der Waals surface area contributed by atoms with Crippen molar-refractivity contribution in [1.82, 2.24) is 15.3 Å². The van der Waals surface area contributed by atoms with E-state index in [1.807, 2.05) is 0 Å². The zero-order chi connectivity index (χ0) is 16.8. The summed E-state index contributed by atoms with van der Waals surface area (Å²) in [5.74, 6) is 1.68. The molecule has 0 aromatic carbocycles. The molecule has 3 rings (SSSR count). The average molecular weight is 327 g/mol. The summed E-state index contributed by atoms with van der Waals surface area (Å²) < 4.78 is 0. The molecule has 0 radical (unpaired) electrons. The summed E-state index contributed by atoms with van der Waals surface area (Å²) in [5, 5.41) is 12.3. The van der Waals surface area contributed by atoms with E-state index < -0.39 is 0 Å². The molecule has 0 bridgehead atoms. The highest BCUT2D eigenvalue weighted by molar-refractivity contribution is 5.78. The van der Waals surface area contributed by atoms with E-state index >= 15 is 0 Å². The first-order chi connectivity index (χ1) is 11.8. The van der Waals surface area contributed by atoms with Gasteiger partial charge in [0.15, 0.2) is 11.5 Å². The number of rotatable bonds is 4. The standard InChI is InChI=1S/C18H25N5O/c19-12-16-17(21-9-8-20-16)23-10-6-14(7-11-23)13-22-18(24)15-4-2-1-3-5-15/h8-9,14-15H,1-7,10-11,13H2,(H,22,24). The molecule has 2 fully saturated rings. The molecule has 0 unspecified atom stereocenters. The zero-order valence-electron chi connectivity index (χ0n) is 14.1. The SMILES string of the molecule is N#Cc1nccnc1N1CCC(CNC(=O)C2CCCCC2)CC1. The predicted molar refractivity (Wildman–Crippen MR) is 91.3 cm³/mol. The first kappa shape index (κ1) is 16.7. The van der Waals surface area contributed by atoms with Crippen LogP contribution in [0.5, 0.6) is 0 Å². The number of carbonyl (C=O) groups excluding carboxylic acids is 1. The van der Waals surface area contributed by atoms with Gasteiger partial charge in [0.05, 0.1) is 0 Å². The number of carbonyl (C=O) groups is 1. The Labute approximate surface area is 143 Å². The maximum Gasteiger partial charge on any atom is 0.223 e. The van der Waals surface area contributed by atoms with Crippen LogP contribution in [-0.2, 0) is 4.79 Å². The smallest absolute Gasteiger partial charge is 0.223 e. The zero-order valence-corrected chi connectivity index (χ0v) is 14.1. The Morgan fingerprint density at radius 3 is 2.58 bits per heavy atom. The summed E-state index contributed by atoms with van der Waals surface area (Å²) in [6.45, 7) is 2.49. The van der Waals surface area contributed by atoms with Crippen LogP contribution in [0.15, 0.2) is 12.4 Å². The van der Waals surface area contributed by atoms with Crippen molar-refractivity contribution in [3.63, 3.8) is 0 Å². The van der Waals surface area contributed by atoms with Crippen LogP contribution < -0.4 is 10.2 Å². The van der Waals surface area contributed by atoms with E-state index in [4.69, 9.17) is 5.26 Å². The number of hydrogen-bond acceptors (Lipinski definition) is 5. The topological polar surface area (TPSA) is 81.9 Å². The van der Waals surface area contributed by atoms with Crippen molar-refractivity contribution >= 4 is 11.7 Å². The Morgan fingerprint density at radius 1 is 1.17 bits per heavy atom. The quantitative estimate of drug-likeness (QED) is 0.917. The average Bonchev–Trinajstić information content (AvgIpc) is 2.67. The highest BCUT2D eigenvalue weighted by Gasteiger charge is 2.25. The van der Waals surface area contributed by atoms with Crippen LogP contribution in [0.25, 0.3) is 0 Å². The summed E-state index contributed by atoms with van der Waals surface area (Å²) in [5.41, 5.74) is 0.390. The number of aromatic nitrogens is 2. The van der Waals surface area contributed by atoms with Gasteiger partial charge in [0.25, 0.3) is 0 Å². The third-order valence-corrected chi connectivity index (χ3v) is 5.24. The van der Waals surface area contributed by atoms with E-state index in [-0.39, 0.29) is 11.8 Å². The number of anilines is 1. The molecule has 2 aliphatic rings. The lowest BCUT2D eigenvalue weighted by Gasteiger charge is -2.33.